The highest BCUT2D eigenvalue weighted by molar-refractivity contribution is 5.95. The highest BCUT2D eigenvalue weighted by atomic mass is 35.5. The molecule has 3 heterocycles. The fourth-order valence-electron chi connectivity index (χ4n) is 3.84. The van der Waals surface area contributed by atoms with Gasteiger partial charge in [0.1, 0.15) is 11.6 Å². The number of ether oxygens (including phenoxy) is 1. The Morgan fingerprint density at radius 3 is 2.53 bits per heavy atom. The van der Waals surface area contributed by atoms with E-state index in [9.17, 15) is 18.4 Å². The number of amides is 1. The second kappa shape index (κ2) is 9.62. The number of hydrogen-bond donors (Lipinski definition) is 2. The average molecular weight is 488 g/mol. The molecule has 0 atom stereocenters. The first-order valence-electron chi connectivity index (χ1n) is 10.3. The molecule has 2 aromatic heterocycles. The van der Waals surface area contributed by atoms with Crippen molar-refractivity contribution < 1.29 is 18.3 Å². The van der Waals surface area contributed by atoms with E-state index in [1.54, 1.807) is 29.2 Å². The number of benzene rings is 2. The normalized spacial score (nSPS) is 13.5. The van der Waals surface area contributed by atoms with E-state index in [-0.39, 0.29) is 41.0 Å². The third-order valence-corrected chi connectivity index (χ3v) is 5.42. The Balaban J connectivity index is 0.00000274. The zero-order chi connectivity index (χ0) is 22.9. The van der Waals surface area contributed by atoms with Gasteiger partial charge in [-0.1, -0.05) is 12.1 Å². The summed E-state index contributed by atoms with van der Waals surface area (Å²) in [7, 11) is 0. The van der Waals surface area contributed by atoms with Crippen molar-refractivity contribution in [1.82, 2.24) is 19.3 Å². The molecule has 1 fully saturated rings. The van der Waals surface area contributed by atoms with Gasteiger partial charge < -0.3 is 19.9 Å². The molecule has 5 rings (SSSR count). The largest absolute Gasteiger partial charge is 0.378 e. The number of anilines is 2. The predicted molar refractivity (Wildman–Crippen MR) is 125 cm³/mol. The van der Waals surface area contributed by atoms with Gasteiger partial charge in [0.25, 0.3) is 11.5 Å². The second-order valence-electron chi connectivity index (χ2n) is 7.50. The minimum absolute atomic E-state index is 0. The lowest BCUT2D eigenvalue weighted by Gasteiger charge is -2.27. The van der Waals surface area contributed by atoms with E-state index >= 15 is 0 Å². The number of nitrogens with zero attached hydrogens (tertiary/aromatic N) is 3. The summed E-state index contributed by atoms with van der Waals surface area (Å²) < 4.78 is 35.6. The quantitative estimate of drug-likeness (QED) is 0.459. The number of carbonyl (C=O) groups is 1. The van der Waals surface area contributed by atoms with Crippen LogP contribution in [0.5, 0.6) is 0 Å². The molecule has 2 aromatic carbocycles. The van der Waals surface area contributed by atoms with Crippen LogP contribution in [0.15, 0.2) is 59.7 Å². The third kappa shape index (κ3) is 4.25. The molecule has 2 N–H and O–H groups in total. The number of carbonyl (C=O) groups excluding carboxylic acids is 1. The van der Waals surface area contributed by atoms with Crippen LogP contribution in [0.3, 0.4) is 0 Å². The van der Waals surface area contributed by atoms with E-state index in [2.05, 4.69) is 15.3 Å². The van der Waals surface area contributed by atoms with E-state index < -0.39 is 17.2 Å². The molecule has 1 amide bonds. The minimum Gasteiger partial charge on any atom is -0.378 e. The van der Waals surface area contributed by atoms with Crippen molar-refractivity contribution in [2.45, 2.75) is 0 Å². The molecule has 11 heteroatoms. The summed E-state index contributed by atoms with van der Waals surface area (Å²) in [6, 6.07) is 10.3. The fraction of sp³-hybridized carbons (Fsp3) is 0.174. The zero-order valence-corrected chi connectivity index (χ0v) is 18.6. The maximum absolute atomic E-state index is 14.5. The second-order valence-corrected chi connectivity index (χ2v) is 7.50. The lowest BCUT2D eigenvalue weighted by atomic mass is 10.1. The standard InChI is InChI=1S/C23H19F2N5O3.ClH/c24-16-5-2-6-17(25)18(16)21-28-20(19-22(31)26-7-8-30(19)21)27-15-4-1-3-14(13-15)23(32)29-9-11-33-12-10-29;/h1-8,13,27H,9-12H2,(H,26,31);1H. The maximum Gasteiger partial charge on any atom is 0.276 e. The highest BCUT2D eigenvalue weighted by Crippen LogP contribution is 2.30. The number of halogens is 3. The third-order valence-electron chi connectivity index (χ3n) is 5.42. The van der Waals surface area contributed by atoms with Crippen molar-refractivity contribution in [3.05, 3.63) is 82.4 Å². The monoisotopic (exact) mass is 487 g/mol. The van der Waals surface area contributed by atoms with E-state index in [0.29, 0.717) is 37.6 Å². The van der Waals surface area contributed by atoms with Gasteiger partial charge in [0.15, 0.2) is 17.2 Å². The van der Waals surface area contributed by atoms with E-state index in [1.807, 2.05) is 0 Å². The molecule has 176 valence electrons. The highest BCUT2D eigenvalue weighted by Gasteiger charge is 2.22. The number of H-pyrrole nitrogens is 1. The summed E-state index contributed by atoms with van der Waals surface area (Å²) in [5.74, 6) is -1.69. The maximum atomic E-state index is 14.5. The van der Waals surface area contributed by atoms with Crippen molar-refractivity contribution in [3.8, 4) is 11.4 Å². The molecular weight excluding hydrogens is 468 g/mol. The van der Waals surface area contributed by atoms with Crippen LogP contribution in [0.25, 0.3) is 16.9 Å². The molecule has 8 nitrogen and oxygen atoms in total. The van der Waals surface area contributed by atoms with Crippen molar-refractivity contribution in [1.29, 1.82) is 0 Å². The molecular formula is C23H20ClF2N5O3. The van der Waals surface area contributed by atoms with Crippen LogP contribution in [0.2, 0.25) is 0 Å². The van der Waals surface area contributed by atoms with Crippen molar-refractivity contribution >= 4 is 35.3 Å². The van der Waals surface area contributed by atoms with Crippen LogP contribution in [0.4, 0.5) is 20.3 Å². The number of aromatic nitrogens is 3. The van der Waals surface area contributed by atoms with Crippen molar-refractivity contribution in [3.63, 3.8) is 0 Å². The van der Waals surface area contributed by atoms with E-state index in [4.69, 9.17) is 4.74 Å². The first kappa shape index (κ1) is 23.4. The minimum atomic E-state index is -0.799. The molecule has 1 aliphatic rings. The summed E-state index contributed by atoms with van der Waals surface area (Å²) in [5.41, 5.74) is 0.205. The molecule has 0 spiro atoms. The van der Waals surface area contributed by atoms with Crippen LogP contribution in [-0.4, -0.2) is 51.5 Å². The number of fused-ring (bicyclic) bond motifs is 1. The van der Waals surface area contributed by atoms with Crippen LogP contribution in [0.1, 0.15) is 10.4 Å². The Morgan fingerprint density at radius 1 is 1.09 bits per heavy atom. The number of rotatable bonds is 4. The first-order chi connectivity index (χ1) is 16.0. The summed E-state index contributed by atoms with van der Waals surface area (Å²) in [4.78, 5) is 34.0. The summed E-state index contributed by atoms with van der Waals surface area (Å²) in [5, 5.41) is 3.02. The Kier molecular flexibility index (Phi) is 6.62. The van der Waals surface area contributed by atoms with E-state index in [0.717, 1.165) is 12.1 Å². The fourth-order valence-corrected chi connectivity index (χ4v) is 3.84. The molecule has 0 radical (unpaired) electrons. The van der Waals surface area contributed by atoms with Gasteiger partial charge in [-0.05, 0) is 30.3 Å². The molecule has 1 saturated heterocycles. The van der Waals surface area contributed by atoms with E-state index in [1.165, 1.54) is 22.9 Å². The molecule has 1 aliphatic heterocycles. The number of imidazole rings is 1. The first-order valence-corrected chi connectivity index (χ1v) is 10.3. The Labute approximate surface area is 198 Å². The predicted octanol–water partition coefficient (Wildman–Crippen LogP) is 3.61. The number of nitrogens with one attached hydrogen (secondary N) is 2. The van der Waals surface area contributed by atoms with Gasteiger partial charge >= 0.3 is 0 Å². The molecule has 4 aromatic rings. The van der Waals surface area contributed by atoms with Crippen LogP contribution in [-0.2, 0) is 4.74 Å². The van der Waals surface area contributed by atoms with Gasteiger partial charge in [0.2, 0.25) is 0 Å². The van der Waals surface area contributed by atoms with Crippen LogP contribution >= 0.6 is 12.4 Å². The van der Waals surface area contributed by atoms with Gasteiger partial charge in [0, 0.05) is 36.7 Å². The SMILES string of the molecule is Cl.O=C(c1cccc(Nc2nc(-c3c(F)cccc3F)n3cc[nH]c(=O)c23)c1)N1CCOCC1. The Morgan fingerprint density at radius 2 is 1.79 bits per heavy atom. The summed E-state index contributed by atoms with van der Waals surface area (Å²) in [6.07, 6.45) is 2.83. The number of morpholine rings is 1. The molecule has 0 saturated carbocycles. The molecule has 34 heavy (non-hydrogen) atoms. The summed E-state index contributed by atoms with van der Waals surface area (Å²) >= 11 is 0. The van der Waals surface area contributed by atoms with Crippen LogP contribution < -0.4 is 10.9 Å². The van der Waals surface area contributed by atoms with Gasteiger partial charge in [-0.3, -0.25) is 14.0 Å². The topological polar surface area (TPSA) is 91.7 Å². The van der Waals surface area contributed by atoms with Gasteiger partial charge in [-0.2, -0.15) is 0 Å². The number of aromatic amines is 1. The van der Waals surface area contributed by atoms with Crippen LogP contribution in [0, 0.1) is 11.6 Å². The lowest BCUT2D eigenvalue weighted by Crippen LogP contribution is -2.40. The van der Waals surface area contributed by atoms with Gasteiger partial charge in [-0.15, -0.1) is 12.4 Å². The zero-order valence-electron chi connectivity index (χ0n) is 17.8. The van der Waals surface area contributed by atoms with Crippen molar-refractivity contribution in [2.75, 3.05) is 31.6 Å². The average Bonchev–Trinajstić information content (AvgIpc) is 3.18. The van der Waals surface area contributed by atoms with Crippen molar-refractivity contribution in [2.24, 2.45) is 0 Å². The molecule has 0 bridgehead atoms. The molecule has 0 aliphatic carbocycles. The lowest BCUT2D eigenvalue weighted by molar-refractivity contribution is 0.0303. The smallest absolute Gasteiger partial charge is 0.276 e. The Bertz CT molecular complexity index is 1400. The Hall–Kier alpha value is -3.76. The van der Waals surface area contributed by atoms with Gasteiger partial charge in [-0.25, -0.2) is 13.8 Å². The molecule has 0 unspecified atom stereocenters. The number of hydrogen-bond acceptors (Lipinski definition) is 5. The van der Waals surface area contributed by atoms with Gasteiger partial charge in [0.05, 0.1) is 18.8 Å². The summed E-state index contributed by atoms with van der Waals surface area (Å²) in [6.45, 7) is 2.00.